The average molecular weight is 557 g/mol. The molecule has 3 N–H and O–H groups in total. The van der Waals surface area contributed by atoms with Crippen LogP contribution < -0.4 is 10.6 Å². The fourth-order valence-corrected chi connectivity index (χ4v) is 3.85. The van der Waals surface area contributed by atoms with Crippen molar-refractivity contribution >= 4 is 52.1 Å². The van der Waals surface area contributed by atoms with Gasteiger partial charge in [-0.05, 0) is 41.8 Å². The minimum atomic E-state index is -0.745. The van der Waals surface area contributed by atoms with Crippen LogP contribution in [0.2, 0.25) is 10.0 Å². The van der Waals surface area contributed by atoms with Crippen LogP contribution in [0.15, 0.2) is 48.8 Å². The summed E-state index contributed by atoms with van der Waals surface area (Å²) in [5, 5.41) is 19.8. The van der Waals surface area contributed by atoms with Crippen molar-refractivity contribution in [3.8, 4) is 11.3 Å². The van der Waals surface area contributed by atoms with Crippen molar-refractivity contribution in [2.24, 2.45) is 0 Å². The van der Waals surface area contributed by atoms with Gasteiger partial charge < -0.3 is 15.7 Å². The lowest BCUT2D eigenvalue weighted by Gasteiger charge is -2.12. The number of carboxylic acid groups (broad SMARTS) is 1. The highest BCUT2D eigenvalue weighted by atomic mass is 35.5. The number of aromatic nitrogens is 4. The number of hydrogen-bond acceptors (Lipinski definition) is 7. The van der Waals surface area contributed by atoms with Crippen molar-refractivity contribution in [2.45, 2.75) is 40.0 Å². The number of benzene rings is 1. The molecule has 0 saturated carbocycles. The Bertz CT molecular complexity index is 1420. The van der Waals surface area contributed by atoms with Crippen molar-refractivity contribution in [3.05, 3.63) is 70.1 Å². The first kappa shape index (κ1) is 28.9. The number of rotatable bonds is 9. The quantitative estimate of drug-likeness (QED) is 0.159. The molecular formula is C27H30Cl2N6O3. The van der Waals surface area contributed by atoms with Crippen LogP contribution in [0.1, 0.15) is 56.1 Å². The summed E-state index contributed by atoms with van der Waals surface area (Å²) < 4.78 is 1.64. The molecule has 38 heavy (non-hydrogen) atoms. The molecule has 0 amide bonds. The van der Waals surface area contributed by atoms with Gasteiger partial charge >= 0.3 is 5.97 Å². The topological polar surface area (TPSA) is 122 Å². The zero-order chi connectivity index (χ0) is 27.8. The Morgan fingerprint density at radius 2 is 1.79 bits per heavy atom. The lowest BCUT2D eigenvalue weighted by molar-refractivity contribution is -0.136. The van der Waals surface area contributed by atoms with Crippen LogP contribution in [0.3, 0.4) is 0 Å². The Balaban J connectivity index is 0.000000732. The van der Waals surface area contributed by atoms with Crippen LogP contribution in [0.4, 0.5) is 11.6 Å². The summed E-state index contributed by atoms with van der Waals surface area (Å²) in [5.74, 6) is 0.990. The number of hydrogen-bond donors (Lipinski definition) is 3. The van der Waals surface area contributed by atoms with Crippen LogP contribution in [-0.2, 0) is 4.79 Å². The van der Waals surface area contributed by atoms with E-state index >= 15 is 0 Å². The predicted molar refractivity (Wildman–Crippen MR) is 152 cm³/mol. The van der Waals surface area contributed by atoms with Gasteiger partial charge in [-0.15, -0.1) is 0 Å². The van der Waals surface area contributed by atoms with E-state index in [0.29, 0.717) is 51.8 Å². The molecule has 0 atom stereocenters. The zero-order valence-corrected chi connectivity index (χ0v) is 23.1. The summed E-state index contributed by atoms with van der Waals surface area (Å²) in [7, 11) is 0. The van der Waals surface area contributed by atoms with Crippen molar-refractivity contribution in [2.75, 3.05) is 23.7 Å². The largest absolute Gasteiger partial charge is 0.481 e. The third-order valence-corrected chi connectivity index (χ3v) is 6.05. The van der Waals surface area contributed by atoms with Crippen molar-refractivity contribution in [1.82, 2.24) is 19.6 Å². The molecule has 0 unspecified atom stereocenters. The molecule has 9 nitrogen and oxygen atoms in total. The standard InChI is InChI=1S/C24H24Cl2N6O.C3H6O2/c1-14(2)16-4-7-23(29-12-16)27-8-9-28-24-22-11-20(15(3)33)31-32(22)13-21(30-24)18-6-5-17(25)10-19(18)26;1-2-3(4)5/h4-7,10-14H,8-9H2,1-3H3,(H,27,29)(H,28,30);2H2,1H3,(H,4,5). The molecule has 0 radical (unpaired) electrons. The highest BCUT2D eigenvalue weighted by Gasteiger charge is 2.15. The van der Waals surface area contributed by atoms with E-state index in [9.17, 15) is 9.59 Å². The van der Waals surface area contributed by atoms with E-state index in [1.807, 2.05) is 18.3 Å². The number of aliphatic carboxylic acids is 1. The maximum atomic E-state index is 11.9. The van der Waals surface area contributed by atoms with E-state index < -0.39 is 5.97 Å². The summed E-state index contributed by atoms with van der Waals surface area (Å²) in [6.07, 6.45) is 3.86. The normalized spacial score (nSPS) is 10.7. The van der Waals surface area contributed by atoms with Gasteiger partial charge in [0.2, 0.25) is 0 Å². The SMILES string of the molecule is CC(=O)c1cc2c(NCCNc3ccc(C(C)C)cn3)nc(-c3ccc(Cl)cc3Cl)cn2n1.CCC(=O)O. The third-order valence-electron chi connectivity index (χ3n) is 5.50. The number of ketones is 1. The van der Waals surface area contributed by atoms with E-state index in [4.69, 9.17) is 33.3 Å². The third kappa shape index (κ3) is 7.66. The van der Waals surface area contributed by atoms with E-state index in [1.54, 1.807) is 35.8 Å². The van der Waals surface area contributed by atoms with Gasteiger partial charge in [0.1, 0.15) is 17.0 Å². The molecule has 0 bridgehead atoms. The lowest BCUT2D eigenvalue weighted by Crippen LogP contribution is -2.16. The lowest BCUT2D eigenvalue weighted by atomic mass is 10.1. The van der Waals surface area contributed by atoms with Crippen LogP contribution >= 0.6 is 23.2 Å². The van der Waals surface area contributed by atoms with Crippen LogP contribution in [0.5, 0.6) is 0 Å². The van der Waals surface area contributed by atoms with Gasteiger partial charge in [0, 0.05) is 43.2 Å². The minimum Gasteiger partial charge on any atom is -0.481 e. The smallest absolute Gasteiger partial charge is 0.303 e. The molecule has 0 aliphatic heterocycles. The van der Waals surface area contributed by atoms with Gasteiger partial charge in [-0.25, -0.2) is 14.5 Å². The number of carbonyl (C=O) groups is 2. The van der Waals surface area contributed by atoms with Crippen molar-refractivity contribution < 1.29 is 14.7 Å². The summed E-state index contributed by atoms with van der Waals surface area (Å²) >= 11 is 12.4. The first-order valence-electron chi connectivity index (χ1n) is 12.1. The summed E-state index contributed by atoms with van der Waals surface area (Å²) in [4.78, 5) is 30.5. The fourth-order valence-electron chi connectivity index (χ4n) is 3.34. The monoisotopic (exact) mass is 556 g/mol. The molecule has 4 aromatic rings. The second-order valence-electron chi connectivity index (χ2n) is 8.75. The van der Waals surface area contributed by atoms with E-state index in [0.717, 1.165) is 11.4 Å². The average Bonchev–Trinajstić information content (AvgIpc) is 3.32. The summed E-state index contributed by atoms with van der Waals surface area (Å²) in [6, 6.07) is 11.0. The van der Waals surface area contributed by atoms with Gasteiger partial charge in [-0.3, -0.25) is 9.59 Å². The van der Waals surface area contributed by atoms with E-state index in [1.165, 1.54) is 12.5 Å². The molecule has 0 aliphatic rings. The van der Waals surface area contributed by atoms with Crippen LogP contribution in [0.25, 0.3) is 16.8 Å². The highest BCUT2D eigenvalue weighted by molar-refractivity contribution is 6.36. The summed E-state index contributed by atoms with van der Waals surface area (Å²) in [6.45, 7) is 8.57. The maximum absolute atomic E-state index is 11.9. The second kappa shape index (κ2) is 13.2. The Labute approximate surface area is 231 Å². The Hall–Kier alpha value is -3.69. The van der Waals surface area contributed by atoms with Gasteiger partial charge in [0.25, 0.3) is 0 Å². The molecule has 0 spiro atoms. The second-order valence-corrected chi connectivity index (χ2v) is 9.59. The zero-order valence-electron chi connectivity index (χ0n) is 21.6. The summed E-state index contributed by atoms with van der Waals surface area (Å²) in [5.41, 5.74) is 3.60. The Morgan fingerprint density at radius 1 is 1.08 bits per heavy atom. The number of Topliss-reactive ketones (excluding diaryl/α,β-unsaturated/α-hetero) is 1. The molecule has 200 valence electrons. The molecule has 0 saturated heterocycles. The number of nitrogens with one attached hydrogen (secondary N) is 2. The number of anilines is 2. The molecule has 11 heteroatoms. The minimum absolute atomic E-state index is 0.117. The van der Waals surface area contributed by atoms with Gasteiger partial charge in [-0.1, -0.05) is 50.0 Å². The van der Waals surface area contributed by atoms with Gasteiger partial charge in [0.05, 0.1) is 16.9 Å². The number of pyridine rings is 1. The first-order valence-corrected chi connectivity index (χ1v) is 12.9. The van der Waals surface area contributed by atoms with Crippen molar-refractivity contribution in [1.29, 1.82) is 0 Å². The van der Waals surface area contributed by atoms with Gasteiger partial charge in [-0.2, -0.15) is 5.10 Å². The van der Waals surface area contributed by atoms with Crippen LogP contribution in [0, 0.1) is 0 Å². The first-order chi connectivity index (χ1) is 18.1. The Morgan fingerprint density at radius 3 is 2.37 bits per heavy atom. The molecule has 0 aliphatic carbocycles. The van der Waals surface area contributed by atoms with Gasteiger partial charge in [0.15, 0.2) is 11.6 Å². The number of carbonyl (C=O) groups excluding carboxylic acids is 1. The molecule has 1 aromatic carbocycles. The number of nitrogens with zero attached hydrogens (tertiary/aromatic N) is 4. The van der Waals surface area contributed by atoms with E-state index in [-0.39, 0.29) is 12.2 Å². The van der Waals surface area contributed by atoms with Crippen molar-refractivity contribution in [3.63, 3.8) is 0 Å². The molecule has 3 heterocycles. The van der Waals surface area contributed by atoms with Crippen LogP contribution in [-0.4, -0.2) is 49.5 Å². The molecular weight excluding hydrogens is 527 g/mol. The number of halogens is 2. The number of carboxylic acids is 1. The maximum Gasteiger partial charge on any atom is 0.303 e. The molecule has 4 rings (SSSR count). The molecule has 3 aromatic heterocycles. The Kier molecular flexibility index (Phi) is 10.0. The highest BCUT2D eigenvalue weighted by Crippen LogP contribution is 2.31. The number of fused-ring (bicyclic) bond motifs is 1. The fraction of sp³-hybridized carbons (Fsp3) is 0.296. The molecule has 0 fully saturated rings. The predicted octanol–water partition coefficient (Wildman–Crippen LogP) is 6.43. The van der Waals surface area contributed by atoms with E-state index in [2.05, 4.69) is 40.6 Å².